The van der Waals surface area contributed by atoms with E-state index in [0.717, 1.165) is 15.3 Å². The Labute approximate surface area is 143 Å². The number of hydrogen-bond acceptors (Lipinski definition) is 4. The minimum atomic E-state index is -0.343. The summed E-state index contributed by atoms with van der Waals surface area (Å²) < 4.78 is 1.17. The second-order valence-corrected chi connectivity index (χ2v) is 6.46. The lowest BCUT2D eigenvalue weighted by atomic mass is 10.2. The van der Waals surface area contributed by atoms with Gasteiger partial charge in [-0.05, 0) is 44.1 Å². The number of hydrogen-bond donors (Lipinski definition) is 1. The van der Waals surface area contributed by atoms with Gasteiger partial charge in [-0.25, -0.2) is 5.06 Å². The normalized spacial score (nSPS) is 12.0. The molecular weight excluding hydrogens is 308 g/mol. The third-order valence-electron chi connectivity index (χ3n) is 3.89. The summed E-state index contributed by atoms with van der Waals surface area (Å²) in [6, 6.07) is 9.73. The largest absolute Gasteiger partial charge is 0.304 e. The first-order chi connectivity index (χ1) is 10.9. The van der Waals surface area contributed by atoms with Crippen LogP contribution in [0, 0.1) is 0 Å². The van der Waals surface area contributed by atoms with Crippen LogP contribution < -0.4 is 0 Å². The maximum absolute atomic E-state index is 11.1. The van der Waals surface area contributed by atoms with Crippen molar-refractivity contribution in [1.29, 1.82) is 0 Å². The van der Waals surface area contributed by atoms with Crippen LogP contribution in [-0.2, 0) is 4.79 Å². The number of hydroxylamine groups is 2. The summed E-state index contributed by atoms with van der Waals surface area (Å²) in [7, 11) is 0. The van der Waals surface area contributed by atoms with Crippen molar-refractivity contribution >= 4 is 27.3 Å². The molecule has 1 aromatic heterocycles. The van der Waals surface area contributed by atoms with Gasteiger partial charge in [0.15, 0.2) is 0 Å². The molecule has 1 amide bonds. The quantitative estimate of drug-likeness (QED) is 0.643. The van der Waals surface area contributed by atoms with E-state index in [0.29, 0.717) is 0 Å². The Kier molecular flexibility index (Phi) is 8.23. The van der Waals surface area contributed by atoms with Crippen LogP contribution in [0.15, 0.2) is 30.3 Å². The molecule has 0 radical (unpaired) electrons. The Morgan fingerprint density at radius 3 is 2.17 bits per heavy atom. The molecule has 1 aromatic carbocycles. The lowest BCUT2D eigenvalue weighted by Gasteiger charge is -2.19. The third-order valence-corrected chi connectivity index (χ3v) is 5.17. The molecule has 2 aromatic rings. The maximum atomic E-state index is 11.1. The first-order valence-corrected chi connectivity index (χ1v) is 8.95. The van der Waals surface area contributed by atoms with Crippen LogP contribution in [0.5, 0.6) is 0 Å². The highest BCUT2D eigenvalue weighted by Gasteiger charge is 2.18. The van der Waals surface area contributed by atoms with Crippen LogP contribution in [-0.4, -0.2) is 40.7 Å². The van der Waals surface area contributed by atoms with Gasteiger partial charge in [0.05, 0.1) is 6.04 Å². The molecule has 1 atom stereocenters. The van der Waals surface area contributed by atoms with E-state index in [2.05, 4.69) is 25.7 Å². The SMILES string of the molecule is CC(=O)N(O)C(C)c1cc2ccccc2s1.CCN(CC)CC. The first-order valence-electron chi connectivity index (χ1n) is 8.13. The summed E-state index contributed by atoms with van der Waals surface area (Å²) in [4.78, 5) is 14.4. The number of carbonyl (C=O) groups excluding carboxylic acids is 1. The maximum Gasteiger partial charge on any atom is 0.243 e. The van der Waals surface area contributed by atoms with E-state index in [1.807, 2.05) is 37.3 Å². The van der Waals surface area contributed by atoms with Crippen LogP contribution in [0.1, 0.15) is 45.5 Å². The van der Waals surface area contributed by atoms with Gasteiger partial charge in [-0.3, -0.25) is 10.0 Å². The monoisotopic (exact) mass is 336 g/mol. The second kappa shape index (κ2) is 9.65. The highest BCUT2D eigenvalue weighted by molar-refractivity contribution is 7.19. The molecule has 128 valence electrons. The van der Waals surface area contributed by atoms with E-state index < -0.39 is 0 Å². The summed E-state index contributed by atoms with van der Waals surface area (Å²) in [6.07, 6.45) is 0. The summed E-state index contributed by atoms with van der Waals surface area (Å²) >= 11 is 1.60. The summed E-state index contributed by atoms with van der Waals surface area (Å²) in [6.45, 7) is 13.3. The van der Waals surface area contributed by atoms with Gasteiger partial charge < -0.3 is 4.90 Å². The lowest BCUT2D eigenvalue weighted by molar-refractivity contribution is -0.172. The molecule has 5 heteroatoms. The summed E-state index contributed by atoms with van der Waals surface area (Å²) in [5.74, 6) is -0.343. The van der Waals surface area contributed by atoms with Gasteiger partial charge in [0.25, 0.3) is 0 Å². The average molecular weight is 337 g/mol. The Morgan fingerprint density at radius 1 is 1.17 bits per heavy atom. The molecule has 0 bridgehead atoms. The van der Waals surface area contributed by atoms with Crippen molar-refractivity contribution in [2.24, 2.45) is 0 Å². The fraction of sp³-hybridized carbons (Fsp3) is 0.500. The third kappa shape index (κ3) is 5.61. The zero-order valence-corrected chi connectivity index (χ0v) is 15.6. The van der Waals surface area contributed by atoms with Gasteiger partial charge in [-0.1, -0.05) is 39.0 Å². The lowest BCUT2D eigenvalue weighted by Crippen LogP contribution is -2.27. The average Bonchev–Trinajstić information content (AvgIpc) is 2.99. The van der Waals surface area contributed by atoms with Crippen molar-refractivity contribution in [1.82, 2.24) is 9.96 Å². The molecule has 0 saturated heterocycles. The number of amides is 1. The number of carbonyl (C=O) groups is 1. The number of rotatable bonds is 5. The van der Waals surface area contributed by atoms with Crippen LogP contribution in [0.4, 0.5) is 0 Å². The Balaban J connectivity index is 0.000000322. The van der Waals surface area contributed by atoms with Crippen LogP contribution in [0.3, 0.4) is 0 Å². The molecular formula is C18H28N2O2S. The molecule has 1 heterocycles. The molecule has 2 rings (SSSR count). The fourth-order valence-electron chi connectivity index (χ4n) is 2.27. The summed E-state index contributed by atoms with van der Waals surface area (Å²) in [5, 5.41) is 11.5. The molecule has 23 heavy (non-hydrogen) atoms. The Hall–Kier alpha value is -1.43. The standard InChI is InChI=1S/C12H13NO2S.C6H15N/c1-8(13(15)9(2)14)12-7-10-5-3-4-6-11(10)16-12;1-4-7(5-2)6-3/h3-8,15H,1-2H3;4-6H2,1-3H3. The first kappa shape index (κ1) is 19.6. The highest BCUT2D eigenvalue weighted by atomic mass is 32.1. The van der Waals surface area contributed by atoms with E-state index in [1.54, 1.807) is 11.3 Å². The number of nitrogens with zero attached hydrogens (tertiary/aromatic N) is 2. The van der Waals surface area contributed by atoms with Gasteiger partial charge in [-0.2, -0.15) is 0 Å². The minimum absolute atomic E-state index is 0.296. The molecule has 0 aliphatic heterocycles. The number of thiophene rings is 1. The van der Waals surface area contributed by atoms with Crippen molar-refractivity contribution in [2.75, 3.05) is 19.6 Å². The fourth-order valence-corrected chi connectivity index (χ4v) is 3.37. The van der Waals surface area contributed by atoms with Gasteiger partial charge in [0, 0.05) is 16.5 Å². The van der Waals surface area contributed by atoms with Crippen LogP contribution in [0.25, 0.3) is 10.1 Å². The van der Waals surface area contributed by atoms with Gasteiger partial charge in [0.1, 0.15) is 0 Å². The smallest absolute Gasteiger partial charge is 0.243 e. The Bertz CT molecular complexity index is 569. The van der Waals surface area contributed by atoms with Gasteiger partial charge in [0.2, 0.25) is 5.91 Å². The molecule has 0 aliphatic rings. The molecule has 1 unspecified atom stereocenters. The van der Waals surface area contributed by atoms with Crippen molar-refractivity contribution in [2.45, 2.75) is 40.7 Å². The van der Waals surface area contributed by atoms with E-state index in [-0.39, 0.29) is 11.9 Å². The minimum Gasteiger partial charge on any atom is -0.304 e. The second-order valence-electron chi connectivity index (χ2n) is 5.35. The molecule has 0 fully saturated rings. The topological polar surface area (TPSA) is 43.8 Å². The molecule has 0 saturated carbocycles. The van der Waals surface area contributed by atoms with Crippen molar-refractivity contribution in [3.63, 3.8) is 0 Å². The summed E-state index contributed by atoms with van der Waals surface area (Å²) in [5.41, 5.74) is 0. The highest BCUT2D eigenvalue weighted by Crippen LogP contribution is 2.31. The van der Waals surface area contributed by atoms with Gasteiger partial charge in [-0.15, -0.1) is 11.3 Å². The zero-order valence-electron chi connectivity index (χ0n) is 14.7. The van der Waals surface area contributed by atoms with Crippen molar-refractivity contribution in [3.05, 3.63) is 35.2 Å². The van der Waals surface area contributed by atoms with Gasteiger partial charge >= 0.3 is 0 Å². The molecule has 1 N–H and O–H groups in total. The van der Waals surface area contributed by atoms with E-state index >= 15 is 0 Å². The Morgan fingerprint density at radius 2 is 1.74 bits per heavy atom. The van der Waals surface area contributed by atoms with Crippen LogP contribution in [0.2, 0.25) is 0 Å². The van der Waals surface area contributed by atoms with E-state index in [9.17, 15) is 10.0 Å². The predicted molar refractivity (Wildman–Crippen MR) is 98.0 cm³/mol. The molecule has 4 nitrogen and oxygen atoms in total. The van der Waals surface area contributed by atoms with E-state index in [1.165, 1.54) is 31.3 Å². The zero-order chi connectivity index (χ0) is 17.4. The molecule has 0 spiro atoms. The van der Waals surface area contributed by atoms with E-state index in [4.69, 9.17) is 0 Å². The molecule has 0 aliphatic carbocycles. The number of fused-ring (bicyclic) bond motifs is 1. The van der Waals surface area contributed by atoms with Crippen molar-refractivity contribution in [3.8, 4) is 0 Å². The van der Waals surface area contributed by atoms with Crippen LogP contribution >= 0.6 is 11.3 Å². The number of benzene rings is 1. The predicted octanol–water partition coefficient (Wildman–Crippen LogP) is 4.55. The van der Waals surface area contributed by atoms with Crippen molar-refractivity contribution < 1.29 is 10.0 Å².